The van der Waals surface area contributed by atoms with Gasteiger partial charge in [-0.2, -0.15) is 0 Å². The largest absolute Gasteiger partial charge is 0.324 e. The third-order valence-electron chi connectivity index (χ3n) is 4.84. The molecule has 27 heavy (non-hydrogen) atoms. The van der Waals surface area contributed by atoms with Crippen molar-refractivity contribution in [1.82, 2.24) is 4.90 Å². The van der Waals surface area contributed by atoms with E-state index in [1.54, 1.807) is 0 Å². The number of benzene rings is 2. The number of urea groups is 1. The maximum Gasteiger partial charge on any atom is 0.322 e. The summed E-state index contributed by atoms with van der Waals surface area (Å²) in [5.41, 5.74) is 4.44. The lowest BCUT2D eigenvalue weighted by molar-refractivity contribution is -0.119. The van der Waals surface area contributed by atoms with Gasteiger partial charge in [-0.05, 0) is 69.0 Å². The number of nitrogens with one attached hydrogen (secondary N) is 2. The van der Waals surface area contributed by atoms with Crippen molar-refractivity contribution in [3.8, 4) is 0 Å². The van der Waals surface area contributed by atoms with Crippen LogP contribution in [0.5, 0.6) is 0 Å². The quantitative estimate of drug-likeness (QED) is 0.843. The molecule has 0 radical (unpaired) electrons. The molecule has 2 N–H and O–H groups in total. The summed E-state index contributed by atoms with van der Waals surface area (Å²) in [6.45, 7) is 6.45. The fourth-order valence-electron chi connectivity index (χ4n) is 3.59. The average molecular weight is 369 g/mol. The van der Waals surface area contributed by atoms with Crippen molar-refractivity contribution >= 4 is 23.3 Å². The van der Waals surface area contributed by atoms with E-state index < -0.39 is 6.04 Å². The second kappa shape index (κ2) is 7.78. The summed E-state index contributed by atoms with van der Waals surface area (Å²) in [6.07, 6.45) is 1.38. The Morgan fingerprint density at radius 1 is 1.04 bits per heavy atom. The molecule has 0 spiro atoms. The van der Waals surface area contributed by atoms with Gasteiger partial charge in [-0.3, -0.25) is 4.79 Å². The fourth-order valence-corrected chi connectivity index (χ4v) is 3.59. The van der Waals surface area contributed by atoms with Gasteiger partial charge in [0.15, 0.2) is 0 Å². The summed E-state index contributed by atoms with van der Waals surface area (Å²) < 4.78 is 13.0. The molecule has 5 nitrogen and oxygen atoms in total. The lowest BCUT2D eigenvalue weighted by Crippen LogP contribution is -2.45. The molecular formula is C21H24FN3O2. The summed E-state index contributed by atoms with van der Waals surface area (Å²) in [7, 11) is 0. The lowest BCUT2D eigenvalue weighted by atomic mass is 10.0. The van der Waals surface area contributed by atoms with Crippen LogP contribution in [0.1, 0.15) is 29.5 Å². The highest BCUT2D eigenvalue weighted by Gasteiger charge is 2.34. The van der Waals surface area contributed by atoms with Gasteiger partial charge in [0, 0.05) is 17.9 Å². The third-order valence-corrected chi connectivity index (χ3v) is 4.84. The van der Waals surface area contributed by atoms with Gasteiger partial charge in [-0.1, -0.05) is 17.7 Å². The summed E-state index contributed by atoms with van der Waals surface area (Å²) in [5, 5.41) is 5.72. The van der Waals surface area contributed by atoms with E-state index in [0.717, 1.165) is 28.8 Å². The van der Waals surface area contributed by atoms with Crippen LogP contribution in [0.25, 0.3) is 0 Å². The Labute approximate surface area is 158 Å². The molecule has 6 heteroatoms. The molecule has 1 heterocycles. The van der Waals surface area contributed by atoms with Gasteiger partial charge in [-0.25, -0.2) is 9.18 Å². The van der Waals surface area contributed by atoms with Gasteiger partial charge in [0.2, 0.25) is 5.91 Å². The fraction of sp³-hybridized carbons (Fsp3) is 0.333. The number of hydrogen-bond acceptors (Lipinski definition) is 2. The average Bonchev–Trinajstić information content (AvgIpc) is 3.10. The maximum atomic E-state index is 13.0. The van der Waals surface area contributed by atoms with E-state index in [4.69, 9.17) is 0 Å². The molecule has 1 aliphatic heterocycles. The van der Waals surface area contributed by atoms with Gasteiger partial charge in [-0.15, -0.1) is 0 Å². The molecule has 0 aromatic heterocycles. The standard InChI is InChI=1S/C21H24FN3O2/c1-13-11-14(2)19(15(3)12-13)24-20(26)18-5-4-10-25(18)21(27)23-17-8-6-16(22)7-9-17/h6-9,11-12,18H,4-5,10H2,1-3H3,(H,23,27)(H,24,26)/t18-/m0/s1. The predicted molar refractivity (Wildman–Crippen MR) is 104 cm³/mol. The Hall–Kier alpha value is -2.89. The van der Waals surface area contributed by atoms with Gasteiger partial charge in [0.25, 0.3) is 0 Å². The number of carbonyl (C=O) groups excluding carboxylic acids is 2. The van der Waals surface area contributed by atoms with Crippen molar-refractivity contribution in [2.75, 3.05) is 17.2 Å². The normalized spacial score (nSPS) is 16.3. The first-order valence-electron chi connectivity index (χ1n) is 9.07. The monoisotopic (exact) mass is 369 g/mol. The molecule has 1 saturated heterocycles. The molecule has 2 aromatic carbocycles. The van der Waals surface area contributed by atoms with Crippen LogP contribution in [0.15, 0.2) is 36.4 Å². The number of halogens is 1. The first-order chi connectivity index (χ1) is 12.8. The summed E-state index contributed by atoms with van der Waals surface area (Å²) in [6, 6.07) is 8.74. The van der Waals surface area contributed by atoms with Crippen molar-refractivity contribution in [1.29, 1.82) is 0 Å². The maximum absolute atomic E-state index is 13.0. The van der Waals surface area contributed by atoms with Crippen LogP contribution in [0.2, 0.25) is 0 Å². The topological polar surface area (TPSA) is 61.4 Å². The Kier molecular flexibility index (Phi) is 5.44. The number of anilines is 2. The van der Waals surface area contributed by atoms with E-state index >= 15 is 0 Å². The highest BCUT2D eigenvalue weighted by molar-refractivity contribution is 6.00. The number of likely N-dealkylation sites (tertiary alicyclic amines) is 1. The van der Waals surface area contributed by atoms with Crippen LogP contribution in [-0.2, 0) is 4.79 Å². The molecule has 0 saturated carbocycles. The van der Waals surface area contributed by atoms with Crippen LogP contribution in [0.4, 0.5) is 20.6 Å². The predicted octanol–water partition coefficient (Wildman–Crippen LogP) is 4.39. The molecule has 3 rings (SSSR count). The second-order valence-corrected chi connectivity index (χ2v) is 7.05. The third kappa shape index (κ3) is 4.27. The van der Waals surface area contributed by atoms with Crippen LogP contribution in [-0.4, -0.2) is 29.4 Å². The van der Waals surface area contributed by atoms with Gasteiger partial charge >= 0.3 is 6.03 Å². The lowest BCUT2D eigenvalue weighted by Gasteiger charge is -2.25. The molecular weight excluding hydrogens is 345 g/mol. The van der Waals surface area contributed by atoms with E-state index in [2.05, 4.69) is 10.6 Å². The Morgan fingerprint density at radius 3 is 2.30 bits per heavy atom. The zero-order valence-corrected chi connectivity index (χ0v) is 15.8. The molecule has 1 fully saturated rings. The zero-order chi connectivity index (χ0) is 19.6. The second-order valence-electron chi connectivity index (χ2n) is 7.05. The first-order valence-corrected chi connectivity index (χ1v) is 9.07. The van der Waals surface area contributed by atoms with E-state index in [9.17, 15) is 14.0 Å². The Bertz CT molecular complexity index is 841. The molecule has 142 valence electrons. The minimum absolute atomic E-state index is 0.184. The molecule has 3 amide bonds. The SMILES string of the molecule is Cc1cc(C)c(NC(=O)[C@@H]2CCCN2C(=O)Nc2ccc(F)cc2)c(C)c1. The van der Waals surface area contributed by atoms with Crippen LogP contribution in [0, 0.1) is 26.6 Å². The first kappa shape index (κ1) is 18.9. The molecule has 0 bridgehead atoms. The molecule has 0 aliphatic carbocycles. The number of carbonyl (C=O) groups is 2. The van der Waals surface area contributed by atoms with Crippen LogP contribution in [0.3, 0.4) is 0 Å². The number of hydrogen-bond donors (Lipinski definition) is 2. The van der Waals surface area contributed by atoms with Gasteiger partial charge in [0.1, 0.15) is 11.9 Å². The van der Waals surface area contributed by atoms with Crippen molar-refractivity contribution in [2.45, 2.75) is 39.7 Å². The van der Waals surface area contributed by atoms with Crippen LogP contribution >= 0.6 is 0 Å². The Morgan fingerprint density at radius 2 is 1.67 bits per heavy atom. The number of amides is 3. The van der Waals surface area contributed by atoms with E-state index in [1.807, 2.05) is 32.9 Å². The van der Waals surface area contributed by atoms with Gasteiger partial charge < -0.3 is 15.5 Å². The van der Waals surface area contributed by atoms with Crippen molar-refractivity contribution in [3.05, 3.63) is 58.9 Å². The van der Waals surface area contributed by atoms with Crippen molar-refractivity contribution < 1.29 is 14.0 Å². The zero-order valence-electron chi connectivity index (χ0n) is 15.8. The molecule has 1 aliphatic rings. The molecule has 0 unspecified atom stereocenters. The van der Waals surface area contributed by atoms with Gasteiger partial charge in [0.05, 0.1) is 0 Å². The minimum atomic E-state index is -0.523. The summed E-state index contributed by atoms with van der Waals surface area (Å²) >= 11 is 0. The highest BCUT2D eigenvalue weighted by Crippen LogP contribution is 2.25. The Balaban J connectivity index is 1.71. The molecule has 2 aromatic rings. The number of rotatable bonds is 3. The number of aryl methyl sites for hydroxylation is 3. The van der Waals surface area contributed by atoms with E-state index in [1.165, 1.54) is 29.2 Å². The minimum Gasteiger partial charge on any atom is -0.324 e. The highest BCUT2D eigenvalue weighted by atomic mass is 19.1. The van der Waals surface area contributed by atoms with Crippen molar-refractivity contribution in [3.63, 3.8) is 0 Å². The van der Waals surface area contributed by atoms with E-state index in [-0.39, 0.29) is 17.8 Å². The smallest absolute Gasteiger partial charge is 0.322 e. The summed E-state index contributed by atoms with van der Waals surface area (Å²) in [4.78, 5) is 27.0. The molecule has 1 atom stereocenters. The van der Waals surface area contributed by atoms with E-state index in [0.29, 0.717) is 18.7 Å². The van der Waals surface area contributed by atoms with Crippen molar-refractivity contribution in [2.24, 2.45) is 0 Å². The summed E-state index contributed by atoms with van der Waals surface area (Å²) in [5.74, 6) is -0.549. The van der Waals surface area contributed by atoms with Crippen LogP contribution < -0.4 is 10.6 Å². The number of nitrogens with zero attached hydrogens (tertiary/aromatic N) is 1.